The number of benzene rings is 2. The Labute approximate surface area is 217 Å². The Morgan fingerprint density at radius 2 is 1.81 bits per heavy atom. The van der Waals surface area contributed by atoms with E-state index in [4.69, 9.17) is 22.9 Å². The fourth-order valence-corrected chi connectivity index (χ4v) is 4.36. The molecule has 10 heteroatoms. The van der Waals surface area contributed by atoms with Gasteiger partial charge in [0.05, 0.1) is 18.1 Å². The van der Waals surface area contributed by atoms with Crippen LogP contribution in [0.25, 0.3) is 11.1 Å². The SMILES string of the molecule is C=C1NC(C(=O)NC(CN)CN)Cc2cccc(c2)-c2ccc(O)c(c2)C[C@H](N)C(=O)N[C@H]1CCCN. The second-order valence-electron chi connectivity index (χ2n) is 9.45. The van der Waals surface area contributed by atoms with Gasteiger partial charge in [0.2, 0.25) is 11.8 Å². The molecule has 4 bridgehead atoms. The first-order valence-corrected chi connectivity index (χ1v) is 12.6. The van der Waals surface area contributed by atoms with E-state index in [0.717, 1.165) is 16.7 Å². The molecule has 12 N–H and O–H groups in total. The first kappa shape index (κ1) is 28.1. The number of phenolic OH excluding ortho intramolecular Hbond substituents is 1. The Kier molecular flexibility index (Phi) is 10.0. The summed E-state index contributed by atoms with van der Waals surface area (Å²) in [6.45, 7) is 4.99. The number of carbonyl (C=O) groups excluding carboxylic acids is 2. The van der Waals surface area contributed by atoms with Crippen LogP contribution in [0.1, 0.15) is 24.0 Å². The lowest BCUT2D eigenvalue weighted by atomic mass is 9.96. The highest BCUT2D eigenvalue weighted by Crippen LogP contribution is 2.28. The van der Waals surface area contributed by atoms with Crippen molar-refractivity contribution in [2.24, 2.45) is 22.9 Å². The van der Waals surface area contributed by atoms with Gasteiger partial charge in [-0.1, -0.05) is 36.9 Å². The van der Waals surface area contributed by atoms with Gasteiger partial charge in [-0.05, 0) is 53.8 Å². The summed E-state index contributed by atoms with van der Waals surface area (Å²) in [7, 11) is 0. The predicted molar refractivity (Wildman–Crippen MR) is 145 cm³/mol. The number of aromatic hydroxyl groups is 1. The molecule has 0 spiro atoms. The van der Waals surface area contributed by atoms with Gasteiger partial charge in [0.1, 0.15) is 11.8 Å². The number of fused-ring (bicyclic) bond motifs is 5. The van der Waals surface area contributed by atoms with E-state index in [2.05, 4.69) is 22.5 Å². The maximum atomic E-state index is 13.3. The van der Waals surface area contributed by atoms with Crippen molar-refractivity contribution in [3.8, 4) is 16.9 Å². The highest BCUT2D eigenvalue weighted by atomic mass is 16.3. The molecule has 37 heavy (non-hydrogen) atoms. The molecular weight excluding hydrogens is 470 g/mol. The summed E-state index contributed by atoms with van der Waals surface area (Å²) >= 11 is 0. The molecule has 2 aromatic rings. The fraction of sp³-hybridized carbons (Fsp3) is 0.407. The van der Waals surface area contributed by atoms with Crippen molar-refractivity contribution in [1.29, 1.82) is 0 Å². The third-order valence-corrected chi connectivity index (χ3v) is 6.58. The largest absolute Gasteiger partial charge is 0.508 e. The number of rotatable bonds is 7. The topological polar surface area (TPSA) is 195 Å². The number of amides is 2. The number of nitrogens with one attached hydrogen (secondary N) is 3. The third kappa shape index (κ3) is 7.53. The molecule has 200 valence electrons. The molecule has 0 aliphatic carbocycles. The van der Waals surface area contributed by atoms with Gasteiger partial charge in [-0.2, -0.15) is 0 Å². The van der Waals surface area contributed by atoms with Crippen LogP contribution < -0.4 is 38.9 Å². The van der Waals surface area contributed by atoms with E-state index < -0.39 is 24.0 Å². The first-order chi connectivity index (χ1) is 17.7. The number of carbonyl (C=O) groups is 2. The van der Waals surface area contributed by atoms with Crippen LogP contribution in [-0.2, 0) is 22.4 Å². The molecule has 0 radical (unpaired) electrons. The third-order valence-electron chi connectivity index (χ3n) is 6.58. The monoisotopic (exact) mass is 509 g/mol. The van der Waals surface area contributed by atoms with Crippen LogP contribution in [0.2, 0.25) is 0 Å². The van der Waals surface area contributed by atoms with Crippen molar-refractivity contribution < 1.29 is 14.7 Å². The van der Waals surface area contributed by atoms with Gasteiger partial charge in [0.25, 0.3) is 0 Å². The molecule has 3 atom stereocenters. The van der Waals surface area contributed by atoms with Crippen LogP contribution in [0.3, 0.4) is 0 Å². The standard InChI is InChI=1S/C27H39N7O3/c1-16-23(6-3-9-28)34-26(36)22(31)13-20-12-19(7-8-25(20)35)18-5-2-4-17(10-18)11-24(32-16)27(37)33-21(14-29)15-30/h2,4-5,7-8,10,12,21-24,32,35H,1,3,6,9,11,13-15,28-31H2,(H,33,37)(H,34,36)/t22-,23-,24?/m0/s1. The Hall–Kier alpha value is -3.44. The van der Waals surface area contributed by atoms with E-state index in [0.29, 0.717) is 37.1 Å². The second kappa shape index (κ2) is 13.2. The van der Waals surface area contributed by atoms with Gasteiger partial charge in [-0.25, -0.2) is 0 Å². The summed E-state index contributed by atoms with van der Waals surface area (Å²) in [5.41, 5.74) is 27.2. The summed E-state index contributed by atoms with van der Waals surface area (Å²) in [6.07, 6.45) is 1.65. The molecular formula is C27H39N7O3. The predicted octanol–water partition coefficient (Wildman–Crippen LogP) is -0.417. The Morgan fingerprint density at radius 1 is 1.08 bits per heavy atom. The quantitative estimate of drug-likeness (QED) is 0.246. The Bertz CT molecular complexity index is 1100. The molecule has 10 nitrogen and oxygen atoms in total. The molecule has 1 aliphatic heterocycles. The zero-order valence-electron chi connectivity index (χ0n) is 21.1. The summed E-state index contributed by atoms with van der Waals surface area (Å²) < 4.78 is 0. The molecule has 1 unspecified atom stereocenters. The normalized spacial score (nSPS) is 20.4. The van der Waals surface area contributed by atoms with Crippen molar-refractivity contribution in [1.82, 2.24) is 16.0 Å². The van der Waals surface area contributed by atoms with E-state index in [1.807, 2.05) is 36.4 Å². The van der Waals surface area contributed by atoms with Crippen LogP contribution in [0, 0.1) is 0 Å². The second-order valence-corrected chi connectivity index (χ2v) is 9.45. The van der Waals surface area contributed by atoms with E-state index in [1.54, 1.807) is 6.07 Å². The summed E-state index contributed by atoms with van der Waals surface area (Å²) in [4.78, 5) is 26.3. The van der Waals surface area contributed by atoms with E-state index in [-0.39, 0.29) is 37.2 Å². The summed E-state index contributed by atoms with van der Waals surface area (Å²) in [6, 6.07) is 10.6. The molecule has 2 aromatic carbocycles. The van der Waals surface area contributed by atoms with Gasteiger partial charge in [-0.3, -0.25) is 9.59 Å². The summed E-state index contributed by atoms with van der Waals surface area (Å²) in [5, 5.41) is 19.5. The number of hydrogen-bond acceptors (Lipinski definition) is 8. The van der Waals surface area contributed by atoms with Crippen molar-refractivity contribution in [3.63, 3.8) is 0 Å². The molecule has 2 amide bonds. The smallest absolute Gasteiger partial charge is 0.243 e. The molecule has 1 aliphatic rings. The minimum Gasteiger partial charge on any atom is -0.508 e. The Morgan fingerprint density at radius 3 is 2.51 bits per heavy atom. The van der Waals surface area contributed by atoms with E-state index in [1.165, 1.54) is 0 Å². The van der Waals surface area contributed by atoms with Gasteiger partial charge in [0.15, 0.2) is 0 Å². The lowest BCUT2D eigenvalue weighted by Gasteiger charge is -2.28. The molecule has 0 fully saturated rings. The van der Waals surface area contributed by atoms with Crippen LogP contribution in [0.15, 0.2) is 54.7 Å². The average Bonchev–Trinajstić information content (AvgIpc) is 2.89. The minimum atomic E-state index is -0.903. The Balaban J connectivity index is 2.04. The van der Waals surface area contributed by atoms with Crippen LogP contribution in [0.5, 0.6) is 5.75 Å². The summed E-state index contributed by atoms with van der Waals surface area (Å²) in [5.74, 6) is -0.592. The number of nitrogens with two attached hydrogens (primary N) is 4. The van der Waals surface area contributed by atoms with E-state index in [9.17, 15) is 14.7 Å². The zero-order valence-corrected chi connectivity index (χ0v) is 21.1. The molecule has 3 rings (SSSR count). The fourth-order valence-electron chi connectivity index (χ4n) is 4.36. The maximum absolute atomic E-state index is 13.3. The maximum Gasteiger partial charge on any atom is 0.243 e. The number of hydrogen-bond donors (Lipinski definition) is 8. The van der Waals surface area contributed by atoms with Gasteiger partial charge in [0, 0.05) is 31.6 Å². The van der Waals surface area contributed by atoms with Gasteiger partial charge in [-0.15, -0.1) is 0 Å². The first-order valence-electron chi connectivity index (χ1n) is 12.6. The molecule has 0 saturated heterocycles. The molecule has 0 aromatic heterocycles. The van der Waals surface area contributed by atoms with Crippen molar-refractivity contribution in [2.45, 2.75) is 49.9 Å². The number of phenols is 1. The highest BCUT2D eigenvalue weighted by molar-refractivity contribution is 5.84. The average molecular weight is 510 g/mol. The van der Waals surface area contributed by atoms with Gasteiger partial charge >= 0.3 is 0 Å². The highest BCUT2D eigenvalue weighted by Gasteiger charge is 2.27. The van der Waals surface area contributed by atoms with E-state index >= 15 is 0 Å². The van der Waals surface area contributed by atoms with Crippen LogP contribution in [0.4, 0.5) is 0 Å². The molecule has 1 heterocycles. The van der Waals surface area contributed by atoms with Gasteiger partial charge < -0.3 is 44.0 Å². The van der Waals surface area contributed by atoms with Crippen LogP contribution >= 0.6 is 0 Å². The van der Waals surface area contributed by atoms with Crippen LogP contribution in [-0.4, -0.2) is 60.7 Å². The molecule has 0 saturated carbocycles. The van der Waals surface area contributed by atoms with Crippen molar-refractivity contribution >= 4 is 11.8 Å². The minimum absolute atomic E-state index is 0.0734. The lowest BCUT2D eigenvalue weighted by Crippen LogP contribution is -2.55. The van der Waals surface area contributed by atoms with Crippen molar-refractivity contribution in [2.75, 3.05) is 19.6 Å². The zero-order chi connectivity index (χ0) is 26.9. The lowest BCUT2D eigenvalue weighted by molar-refractivity contribution is -0.123. The van der Waals surface area contributed by atoms with Crippen molar-refractivity contribution in [3.05, 3.63) is 65.9 Å².